The van der Waals surface area contributed by atoms with E-state index in [9.17, 15) is 14.4 Å². The summed E-state index contributed by atoms with van der Waals surface area (Å²) in [6.45, 7) is 7.77. The van der Waals surface area contributed by atoms with Crippen molar-refractivity contribution in [1.29, 1.82) is 0 Å². The lowest BCUT2D eigenvalue weighted by Crippen LogP contribution is -2.50. The van der Waals surface area contributed by atoms with Gasteiger partial charge in [0.1, 0.15) is 18.8 Å². The van der Waals surface area contributed by atoms with Crippen molar-refractivity contribution in [1.82, 2.24) is 0 Å². The minimum Gasteiger partial charge on any atom is -0.469 e. The zero-order valence-corrected chi connectivity index (χ0v) is 27.3. The number of unbranched alkanes of at least 4 members (excludes halogenated alkanes) is 1. The predicted octanol–water partition coefficient (Wildman–Crippen LogP) is 6.63. The first-order chi connectivity index (χ1) is 21.0. The molecule has 0 N–H and O–H groups in total. The minimum atomic E-state index is -0.617. The molecule has 244 valence electrons. The van der Waals surface area contributed by atoms with E-state index in [-0.39, 0.29) is 24.1 Å². The number of hydrogen-bond donors (Lipinski definition) is 0. The van der Waals surface area contributed by atoms with Crippen molar-refractivity contribution in [2.24, 2.45) is 34.5 Å². The third kappa shape index (κ3) is 7.01. The first-order valence-corrected chi connectivity index (χ1v) is 16.8. The molecule has 0 aromatic rings. The molecule has 0 aromatic heterocycles. The number of hydrogen-bond acceptors (Lipinski definition) is 8. The number of rotatable bonds is 10. The van der Waals surface area contributed by atoms with Crippen LogP contribution >= 0.6 is 0 Å². The van der Waals surface area contributed by atoms with E-state index in [1.165, 1.54) is 46.6 Å². The maximum absolute atomic E-state index is 11.6. The summed E-state index contributed by atoms with van der Waals surface area (Å²) in [5.41, 5.74) is 2.12. The van der Waals surface area contributed by atoms with E-state index >= 15 is 0 Å². The third-order valence-electron chi connectivity index (χ3n) is 11.7. The Morgan fingerprint density at radius 2 is 1.84 bits per heavy atom. The van der Waals surface area contributed by atoms with Crippen molar-refractivity contribution in [2.45, 2.75) is 123 Å². The fourth-order valence-electron chi connectivity index (χ4n) is 9.35. The molecule has 0 spiro atoms. The summed E-state index contributed by atoms with van der Waals surface area (Å²) in [4.78, 5) is 34.4. The molecular formula is C36H52O8. The second-order valence-electron chi connectivity index (χ2n) is 14.2. The van der Waals surface area contributed by atoms with Gasteiger partial charge in [-0.25, -0.2) is 0 Å². The highest BCUT2D eigenvalue weighted by Gasteiger charge is 2.58. The van der Waals surface area contributed by atoms with Crippen LogP contribution in [-0.4, -0.2) is 56.2 Å². The van der Waals surface area contributed by atoms with E-state index in [1.807, 2.05) is 6.08 Å². The fraction of sp³-hybridized carbons (Fsp3) is 0.750. The van der Waals surface area contributed by atoms with Gasteiger partial charge in [-0.05, 0) is 111 Å². The van der Waals surface area contributed by atoms with Gasteiger partial charge in [0.15, 0.2) is 6.29 Å². The summed E-state index contributed by atoms with van der Waals surface area (Å²) in [5.74, 6) is 1.90. The van der Waals surface area contributed by atoms with Gasteiger partial charge in [-0.3, -0.25) is 14.4 Å². The summed E-state index contributed by atoms with van der Waals surface area (Å²) in [5, 5.41) is 0. The monoisotopic (exact) mass is 612 g/mol. The van der Waals surface area contributed by atoms with Crippen LogP contribution in [0.2, 0.25) is 0 Å². The van der Waals surface area contributed by atoms with Crippen LogP contribution in [-0.2, 0) is 38.1 Å². The molecule has 8 nitrogen and oxygen atoms in total. The summed E-state index contributed by atoms with van der Waals surface area (Å²) >= 11 is 0. The number of carbonyl (C=O) groups excluding carboxylic acids is 3. The van der Waals surface area contributed by atoms with Gasteiger partial charge < -0.3 is 23.7 Å². The van der Waals surface area contributed by atoms with Gasteiger partial charge in [0, 0.05) is 20.3 Å². The van der Waals surface area contributed by atoms with Crippen LogP contribution in [0, 0.1) is 34.5 Å². The van der Waals surface area contributed by atoms with Crippen LogP contribution in [0.15, 0.2) is 36.0 Å². The number of carbonyl (C=O) groups is 3. The number of allylic oxidation sites excluding steroid dienone is 3. The zero-order valence-electron chi connectivity index (χ0n) is 27.3. The molecule has 1 heterocycles. The van der Waals surface area contributed by atoms with E-state index in [1.54, 1.807) is 11.6 Å². The molecule has 4 aliphatic carbocycles. The first kappa shape index (κ1) is 32.9. The highest BCUT2D eigenvalue weighted by atomic mass is 16.7. The molecule has 0 radical (unpaired) electrons. The Morgan fingerprint density at radius 3 is 2.59 bits per heavy atom. The average Bonchev–Trinajstić information content (AvgIpc) is 3.32. The van der Waals surface area contributed by atoms with E-state index in [4.69, 9.17) is 23.7 Å². The summed E-state index contributed by atoms with van der Waals surface area (Å²) in [6, 6.07) is 0. The molecule has 5 rings (SSSR count). The lowest BCUT2D eigenvalue weighted by molar-refractivity contribution is -0.213. The van der Waals surface area contributed by atoms with Gasteiger partial charge in [0.25, 0.3) is 0 Å². The molecule has 8 heteroatoms. The van der Waals surface area contributed by atoms with Crippen molar-refractivity contribution in [3.63, 3.8) is 0 Å². The topological polar surface area (TPSA) is 97.4 Å². The van der Waals surface area contributed by atoms with Gasteiger partial charge in [-0.2, -0.15) is 0 Å². The molecule has 3 fully saturated rings. The molecule has 0 amide bonds. The van der Waals surface area contributed by atoms with Gasteiger partial charge >= 0.3 is 17.9 Å². The SMILES string of the molecule is COC(=O)CCC/C=C/[C@H]1CC[C@H]2[C@@H]3CC=C4C[C@@H](OC5C=C[C@H](OC(C)=O)[C@@H](COC(C)=O)O5)CC[C@]4(C)[C@H]3CC[C@]12C. The zero-order chi connectivity index (χ0) is 31.5. The molecular weight excluding hydrogens is 560 g/mol. The standard InChI is InChI=1S/C36H52O8/c1-23(37)41-22-32-31(42-24(2)38)15-16-34(44-32)43-27-17-19-36(4)26(21-27)11-13-28-29-14-12-25(35(29,3)20-18-30(28)36)9-7-6-8-10-33(39)40-5/h7,9,11,15-16,25,27-32,34H,6,8,10,12-14,17-22H2,1-5H3/b9-7+/t25-,27-,28-,29-,30-,31-,32+,34?,35+,36-/m0/s1. The Bertz CT molecular complexity index is 1160. The second-order valence-corrected chi connectivity index (χ2v) is 14.2. The van der Waals surface area contributed by atoms with Gasteiger partial charge in [-0.15, -0.1) is 0 Å². The van der Waals surface area contributed by atoms with Crippen LogP contribution in [0.5, 0.6) is 0 Å². The number of ether oxygens (including phenoxy) is 5. The largest absolute Gasteiger partial charge is 0.469 e. The summed E-state index contributed by atoms with van der Waals surface area (Å²) in [6.07, 6.45) is 20.8. The molecule has 0 bridgehead atoms. The smallest absolute Gasteiger partial charge is 0.305 e. The molecule has 0 aromatic carbocycles. The average molecular weight is 613 g/mol. The number of methoxy groups -OCH3 is 1. The summed E-state index contributed by atoms with van der Waals surface area (Å²) in [7, 11) is 1.45. The van der Waals surface area contributed by atoms with Gasteiger partial charge in [0.05, 0.1) is 13.2 Å². The Labute approximate surface area is 262 Å². The molecule has 1 unspecified atom stereocenters. The van der Waals surface area contributed by atoms with E-state index in [0.717, 1.165) is 50.4 Å². The van der Waals surface area contributed by atoms with Gasteiger partial charge in [0.2, 0.25) is 0 Å². The van der Waals surface area contributed by atoms with Crippen molar-refractivity contribution in [3.8, 4) is 0 Å². The second kappa shape index (κ2) is 13.9. The van der Waals surface area contributed by atoms with E-state index in [0.29, 0.717) is 23.7 Å². The summed E-state index contributed by atoms with van der Waals surface area (Å²) < 4.78 is 27.9. The van der Waals surface area contributed by atoms with E-state index < -0.39 is 30.4 Å². The highest BCUT2D eigenvalue weighted by Crippen LogP contribution is 2.66. The fourth-order valence-corrected chi connectivity index (χ4v) is 9.35. The number of esters is 3. The van der Waals surface area contributed by atoms with Crippen LogP contribution in [0.4, 0.5) is 0 Å². The van der Waals surface area contributed by atoms with Crippen molar-refractivity contribution < 1.29 is 38.1 Å². The van der Waals surface area contributed by atoms with Crippen molar-refractivity contribution >= 4 is 17.9 Å². The lowest BCUT2D eigenvalue weighted by atomic mass is 9.47. The molecule has 5 aliphatic rings. The maximum Gasteiger partial charge on any atom is 0.305 e. The Kier molecular flexibility index (Phi) is 10.4. The Morgan fingerprint density at radius 1 is 1.02 bits per heavy atom. The molecule has 3 saturated carbocycles. The van der Waals surface area contributed by atoms with Gasteiger partial charge in [-0.1, -0.05) is 37.6 Å². The predicted molar refractivity (Wildman–Crippen MR) is 165 cm³/mol. The van der Waals surface area contributed by atoms with Crippen molar-refractivity contribution in [2.75, 3.05) is 13.7 Å². The molecule has 44 heavy (non-hydrogen) atoms. The lowest BCUT2D eigenvalue weighted by Gasteiger charge is -2.58. The first-order valence-electron chi connectivity index (χ1n) is 16.8. The van der Waals surface area contributed by atoms with Crippen LogP contribution in [0.25, 0.3) is 0 Å². The third-order valence-corrected chi connectivity index (χ3v) is 11.7. The molecule has 1 aliphatic heterocycles. The quantitative estimate of drug-likeness (QED) is 0.117. The molecule has 0 saturated heterocycles. The van der Waals surface area contributed by atoms with Crippen LogP contribution in [0.3, 0.4) is 0 Å². The number of fused-ring (bicyclic) bond motifs is 5. The maximum atomic E-state index is 11.6. The van der Waals surface area contributed by atoms with E-state index in [2.05, 4.69) is 32.1 Å². The minimum absolute atomic E-state index is 0.000565. The Balaban J connectivity index is 1.19. The Hall–Kier alpha value is -2.45. The van der Waals surface area contributed by atoms with Crippen molar-refractivity contribution in [3.05, 3.63) is 36.0 Å². The highest BCUT2D eigenvalue weighted by molar-refractivity contribution is 5.69. The van der Waals surface area contributed by atoms with Crippen LogP contribution in [0.1, 0.15) is 98.3 Å². The molecule has 10 atom stereocenters. The normalized spacial score (nSPS) is 39.5. The van der Waals surface area contributed by atoms with Crippen LogP contribution < -0.4 is 0 Å².